The minimum absolute atomic E-state index is 0.0290. The quantitative estimate of drug-likeness (QED) is 0.409. The molecule has 4 nitrogen and oxygen atoms in total. The lowest BCUT2D eigenvalue weighted by Gasteiger charge is -2.36. The van der Waals surface area contributed by atoms with Crippen molar-refractivity contribution in [3.8, 4) is 0 Å². The van der Waals surface area contributed by atoms with Crippen LogP contribution in [0, 0.1) is 0 Å². The van der Waals surface area contributed by atoms with E-state index in [0.29, 0.717) is 29.7 Å². The smallest absolute Gasteiger partial charge is 0.362 e. The Balaban J connectivity index is 1.50. The summed E-state index contributed by atoms with van der Waals surface area (Å²) >= 11 is 1.46. The SMILES string of the molecule is CC1=C(C(=O)Nc2cccc(C(F)(F)F)c2)[C@@H](c2ccsc2)C2=C(C[C@@H](c3ccccc3)CC2=O)N1. The molecular formula is C28H23F3N2O2S. The van der Waals surface area contributed by atoms with E-state index < -0.39 is 23.6 Å². The molecule has 0 unspecified atom stereocenters. The summed E-state index contributed by atoms with van der Waals surface area (Å²) in [6.07, 6.45) is -3.57. The molecule has 0 saturated heterocycles. The van der Waals surface area contributed by atoms with Gasteiger partial charge in [0.25, 0.3) is 5.91 Å². The van der Waals surface area contributed by atoms with E-state index in [1.807, 2.05) is 47.2 Å². The number of hydrogen-bond acceptors (Lipinski definition) is 4. The molecule has 2 aromatic carbocycles. The van der Waals surface area contributed by atoms with Crippen LogP contribution < -0.4 is 10.6 Å². The minimum Gasteiger partial charge on any atom is -0.362 e. The van der Waals surface area contributed by atoms with Gasteiger partial charge in [-0.05, 0) is 65.4 Å². The summed E-state index contributed by atoms with van der Waals surface area (Å²) in [6.45, 7) is 1.76. The molecular weight excluding hydrogens is 485 g/mol. The molecule has 8 heteroatoms. The normalized spacial score (nSPS) is 20.2. The van der Waals surface area contributed by atoms with Crippen LogP contribution in [-0.2, 0) is 15.8 Å². The molecule has 36 heavy (non-hydrogen) atoms. The number of carbonyl (C=O) groups excluding carboxylic acids is 2. The van der Waals surface area contributed by atoms with Gasteiger partial charge in [0.15, 0.2) is 5.78 Å². The third kappa shape index (κ3) is 4.60. The fourth-order valence-corrected chi connectivity index (χ4v) is 5.73. The van der Waals surface area contributed by atoms with Crippen LogP contribution in [-0.4, -0.2) is 11.7 Å². The van der Waals surface area contributed by atoms with Gasteiger partial charge in [-0.25, -0.2) is 0 Å². The van der Waals surface area contributed by atoms with E-state index in [0.717, 1.165) is 29.0 Å². The Bertz CT molecular complexity index is 1380. The molecule has 2 heterocycles. The largest absolute Gasteiger partial charge is 0.416 e. The van der Waals surface area contributed by atoms with Gasteiger partial charge in [-0.1, -0.05) is 36.4 Å². The first kappa shape index (κ1) is 24.1. The van der Waals surface area contributed by atoms with Crippen molar-refractivity contribution < 1.29 is 22.8 Å². The maximum absolute atomic E-state index is 13.5. The highest BCUT2D eigenvalue weighted by Crippen LogP contribution is 2.46. The Labute approximate surface area is 210 Å². The molecule has 3 aromatic rings. The average Bonchev–Trinajstić information content (AvgIpc) is 3.38. The van der Waals surface area contributed by atoms with Crippen molar-refractivity contribution in [2.75, 3.05) is 5.32 Å². The summed E-state index contributed by atoms with van der Waals surface area (Å²) in [6, 6.07) is 16.3. The van der Waals surface area contributed by atoms with Crippen LogP contribution in [0.25, 0.3) is 0 Å². The van der Waals surface area contributed by atoms with Crippen molar-refractivity contribution in [3.63, 3.8) is 0 Å². The van der Waals surface area contributed by atoms with Gasteiger partial charge in [-0.3, -0.25) is 9.59 Å². The predicted molar refractivity (Wildman–Crippen MR) is 133 cm³/mol. The maximum Gasteiger partial charge on any atom is 0.416 e. The Hall–Kier alpha value is -3.65. The Morgan fingerprint density at radius 1 is 1.03 bits per heavy atom. The van der Waals surface area contributed by atoms with E-state index in [2.05, 4.69) is 10.6 Å². The van der Waals surface area contributed by atoms with Crippen LogP contribution in [0.1, 0.15) is 48.3 Å². The molecule has 1 aliphatic carbocycles. The summed E-state index contributed by atoms with van der Waals surface area (Å²) in [5.74, 6) is -1.14. The Morgan fingerprint density at radius 2 is 1.81 bits per heavy atom. The Morgan fingerprint density at radius 3 is 2.50 bits per heavy atom. The molecule has 2 atom stereocenters. The molecule has 0 bridgehead atoms. The number of alkyl halides is 3. The van der Waals surface area contributed by atoms with Crippen molar-refractivity contribution in [2.45, 2.75) is 37.8 Å². The number of hydrogen-bond donors (Lipinski definition) is 2. The van der Waals surface area contributed by atoms with Crippen LogP contribution in [0.5, 0.6) is 0 Å². The van der Waals surface area contributed by atoms with Crippen LogP contribution in [0.3, 0.4) is 0 Å². The number of Topliss-reactive ketones (excluding diaryl/α,β-unsaturated/α-hetero) is 1. The molecule has 1 amide bonds. The standard InChI is InChI=1S/C28H23F3N2O2S/c1-16-24(27(35)33-21-9-5-8-20(14-21)28(29,30)31)25(18-10-11-36-15-18)26-22(32-16)12-19(13-23(26)34)17-6-3-2-4-7-17/h2-11,14-15,19,25,32H,12-13H2,1H3,(H,33,35)/t19-,25-/m1/s1. The number of thiophene rings is 1. The van der Waals surface area contributed by atoms with Crippen LogP contribution in [0.4, 0.5) is 18.9 Å². The van der Waals surface area contributed by atoms with Gasteiger partial charge in [0.05, 0.1) is 5.56 Å². The lowest BCUT2D eigenvalue weighted by atomic mass is 9.72. The lowest BCUT2D eigenvalue weighted by molar-refractivity contribution is -0.137. The molecule has 1 aliphatic heterocycles. The third-order valence-electron chi connectivity index (χ3n) is 6.67. The molecule has 5 rings (SSSR count). The van der Waals surface area contributed by atoms with Gasteiger partial charge < -0.3 is 10.6 Å². The van der Waals surface area contributed by atoms with Gasteiger partial charge in [0, 0.05) is 40.6 Å². The van der Waals surface area contributed by atoms with Crippen molar-refractivity contribution in [1.82, 2.24) is 5.32 Å². The van der Waals surface area contributed by atoms with Crippen molar-refractivity contribution in [2.24, 2.45) is 0 Å². The molecule has 1 aromatic heterocycles. The van der Waals surface area contributed by atoms with Crippen molar-refractivity contribution >= 4 is 28.7 Å². The van der Waals surface area contributed by atoms with Crippen LogP contribution >= 0.6 is 11.3 Å². The first-order valence-electron chi connectivity index (χ1n) is 11.5. The number of rotatable bonds is 4. The second kappa shape index (κ2) is 9.43. The van der Waals surface area contributed by atoms with Crippen molar-refractivity contribution in [3.05, 3.63) is 111 Å². The summed E-state index contributed by atoms with van der Waals surface area (Å²) in [7, 11) is 0. The van der Waals surface area contributed by atoms with Gasteiger partial charge in [0.1, 0.15) is 0 Å². The van der Waals surface area contributed by atoms with Crippen molar-refractivity contribution in [1.29, 1.82) is 0 Å². The highest BCUT2D eigenvalue weighted by atomic mass is 32.1. The second-order valence-corrected chi connectivity index (χ2v) is 9.80. The fraction of sp³-hybridized carbons (Fsp3) is 0.214. The first-order valence-corrected chi connectivity index (χ1v) is 12.5. The van der Waals surface area contributed by atoms with Gasteiger partial charge in [0.2, 0.25) is 0 Å². The maximum atomic E-state index is 13.5. The number of benzene rings is 2. The molecule has 2 N–H and O–H groups in total. The lowest BCUT2D eigenvalue weighted by Crippen LogP contribution is -2.37. The van der Waals surface area contributed by atoms with Gasteiger partial charge >= 0.3 is 6.18 Å². The number of amides is 1. The molecule has 0 spiro atoms. The van der Waals surface area contributed by atoms with E-state index >= 15 is 0 Å². The Kier molecular flexibility index (Phi) is 6.30. The topological polar surface area (TPSA) is 58.2 Å². The summed E-state index contributed by atoms with van der Waals surface area (Å²) < 4.78 is 39.5. The van der Waals surface area contributed by atoms with Crippen LogP contribution in [0.15, 0.2) is 94.0 Å². The molecule has 0 fully saturated rings. The van der Waals surface area contributed by atoms with E-state index in [1.54, 1.807) is 6.92 Å². The predicted octanol–water partition coefficient (Wildman–Crippen LogP) is 6.77. The number of anilines is 1. The van der Waals surface area contributed by atoms with E-state index in [1.165, 1.54) is 23.5 Å². The number of nitrogens with one attached hydrogen (secondary N) is 2. The summed E-state index contributed by atoms with van der Waals surface area (Å²) in [5, 5.41) is 9.71. The zero-order chi connectivity index (χ0) is 25.4. The zero-order valence-corrected chi connectivity index (χ0v) is 20.2. The number of dihydropyridines is 1. The minimum atomic E-state index is -4.52. The first-order chi connectivity index (χ1) is 17.2. The third-order valence-corrected chi connectivity index (χ3v) is 7.37. The van der Waals surface area contributed by atoms with E-state index in [9.17, 15) is 22.8 Å². The monoisotopic (exact) mass is 508 g/mol. The number of ketones is 1. The zero-order valence-electron chi connectivity index (χ0n) is 19.4. The number of carbonyl (C=O) groups is 2. The van der Waals surface area contributed by atoms with E-state index in [-0.39, 0.29) is 17.4 Å². The molecule has 0 radical (unpaired) electrons. The second-order valence-electron chi connectivity index (χ2n) is 9.02. The number of allylic oxidation sites excluding steroid dienone is 3. The summed E-state index contributed by atoms with van der Waals surface area (Å²) in [4.78, 5) is 27.0. The molecule has 2 aliphatic rings. The fourth-order valence-electron chi connectivity index (χ4n) is 5.05. The van der Waals surface area contributed by atoms with Gasteiger partial charge in [-0.2, -0.15) is 24.5 Å². The average molecular weight is 509 g/mol. The molecule has 0 saturated carbocycles. The summed E-state index contributed by atoms with van der Waals surface area (Å²) in [5.41, 5.74) is 3.35. The van der Waals surface area contributed by atoms with E-state index in [4.69, 9.17) is 0 Å². The highest BCUT2D eigenvalue weighted by molar-refractivity contribution is 7.08. The highest BCUT2D eigenvalue weighted by Gasteiger charge is 2.41. The molecule has 184 valence electrons. The number of halogens is 3. The van der Waals surface area contributed by atoms with Gasteiger partial charge in [-0.15, -0.1) is 0 Å². The van der Waals surface area contributed by atoms with Crippen LogP contribution in [0.2, 0.25) is 0 Å².